The standard InChI is InChI=1S/C23H25N5OS/c30-23-26-21(19-8-1-2-11-25-19)22(28(23)16-18-7-5-13-29-18)20-9-4-12-27(20)15-17-6-3-10-24-14-17/h1-4,6,8-12,14,18,21-22H,5,7,13,15-16H2,(H,26,30). The van der Waals surface area contributed by atoms with E-state index < -0.39 is 0 Å². The molecule has 30 heavy (non-hydrogen) atoms. The topological polar surface area (TPSA) is 55.2 Å². The van der Waals surface area contributed by atoms with E-state index in [1.807, 2.05) is 30.6 Å². The summed E-state index contributed by atoms with van der Waals surface area (Å²) < 4.78 is 8.22. The predicted molar refractivity (Wildman–Crippen MR) is 119 cm³/mol. The van der Waals surface area contributed by atoms with Crippen molar-refractivity contribution in [2.45, 2.75) is 37.6 Å². The largest absolute Gasteiger partial charge is 0.376 e. The molecular weight excluding hydrogens is 394 g/mol. The van der Waals surface area contributed by atoms with Crippen molar-refractivity contribution in [3.05, 3.63) is 84.2 Å². The highest BCUT2D eigenvalue weighted by molar-refractivity contribution is 7.80. The second-order valence-corrected chi connectivity index (χ2v) is 8.22. The van der Waals surface area contributed by atoms with Crippen molar-refractivity contribution in [1.82, 2.24) is 24.8 Å². The van der Waals surface area contributed by atoms with Crippen LogP contribution in [0.4, 0.5) is 0 Å². The summed E-state index contributed by atoms with van der Waals surface area (Å²) in [7, 11) is 0. The van der Waals surface area contributed by atoms with Gasteiger partial charge in [-0.1, -0.05) is 12.1 Å². The maximum Gasteiger partial charge on any atom is 0.170 e. The third kappa shape index (κ3) is 3.82. The molecular formula is C23H25N5OS. The molecule has 1 N–H and O–H groups in total. The first-order valence-corrected chi connectivity index (χ1v) is 10.8. The van der Waals surface area contributed by atoms with Gasteiger partial charge >= 0.3 is 0 Å². The van der Waals surface area contributed by atoms with Gasteiger partial charge in [-0.25, -0.2) is 0 Å². The van der Waals surface area contributed by atoms with Gasteiger partial charge in [-0.15, -0.1) is 0 Å². The lowest BCUT2D eigenvalue weighted by Crippen LogP contribution is -2.36. The van der Waals surface area contributed by atoms with Gasteiger partial charge in [0.15, 0.2) is 5.11 Å². The number of hydrogen-bond donors (Lipinski definition) is 1. The molecule has 154 valence electrons. The highest BCUT2D eigenvalue weighted by atomic mass is 32.1. The first-order valence-electron chi connectivity index (χ1n) is 10.4. The minimum Gasteiger partial charge on any atom is -0.376 e. The first kappa shape index (κ1) is 19.2. The van der Waals surface area contributed by atoms with E-state index in [9.17, 15) is 0 Å². The van der Waals surface area contributed by atoms with Crippen LogP contribution in [0.1, 0.15) is 41.9 Å². The van der Waals surface area contributed by atoms with Gasteiger partial charge in [0.1, 0.15) is 0 Å². The van der Waals surface area contributed by atoms with E-state index in [2.05, 4.69) is 55.2 Å². The lowest BCUT2D eigenvalue weighted by molar-refractivity contribution is 0.0834. The van der Waals surface area contributed by atoms with E-state index in [-0.39, 0.29) is 18.2 Å². The van der Waals surface area contributed by atoms with Crippen molar-refractivity contribution < 1.29 is 4.74 Å². The maximum absolute atomic E-state index is 5.94. The molecule has 6 nitrogen and oxygen atoms in total. The Morgan fingerprint density at radius 2 is 2.10 bits per heavy atom. The highest BCUT2D eigenvalue weighted by Crippen LogP contribution is 2.39. The molecule has 2 saturated heterocycles. The summed E-state index contributed by atoms with van der Waals surface area (Å²) in [5.41, 5.74) is 3.37. The van der Waals surface area contributed by atoms with Crippen LogP contribution in [0.2, 0.25) is 0 Å². The molecule has 2 fully saturated rings. The fraction of sp³-hybridized carbons (Fsp3) is 0.348. The van der Waals surface area contributed by atoms with E-state index >= 15 is 0 Å². The summed E-state index contributed by atoms with van der Waals surface area (Å²) in [4.78, 5) is 11.2. The molecule has 3 atom stereocenters. The summed E-state index contributed by atoms with van der Waals surface area (Å²) in [6.07, 6.45) is 10.1. The van der Waals surface area contributed by atoms with Crippen LogP contribution in [0.25, 0.3) is 0 Å². The van der Waals surface area contributed by atoms with E-state index in [1.54, 1.807) is 6.20 Å². The summed E-state index contributed by atoms with van der Waals surface area (Å²) in [6, 6.07) is 14.5. The number of ether oxygens (including phenoxy) is 1. The van der Waals surface area contributed by atoms with Gasteiger partial charge in [0, 0.05) is 50.2 Å². The molecule has 0 aliphatic carbocycles. The summed E-state index contributed by atoms with van der Waals surface area (Å²) in [6.45, 7) is 2.39. The van der Waals surface area contributed by atoms with Crippen molar-refractivity contribution in [3.63, 3.8) is 0 Å². The number of rotatable bonds is 6. The van der Waals surface area contributed by atoms with Gasteiger partial charge in [-0.2, -0.15) is 0 Å². The van der Waals surface area contributed by atoms with Gasteiger partial charge in [0.25, 0.3) is 0 Å². The zero-order chi connectivity index (χ0) is 20.3. The van der Waals surface area contributed by atoms with Crippen molar-refractivity contribution in [3.8, 4) is 0 Å². The molecule has 2 aliphatic heterocycles. The Morgan fingerprint density at radius 3 is 2.87 bits per heavy atom. The number of thiocarbonyl (C=S) groups is 1. The van der Waals surface area contributed by atoms with Crippen LogP contribution in [0.3, 0.4) is 0 Å². The number of aromatic nitrogens is 3. The normalized spacial score (nSPS) is 23.7. The fourth-order valence-electron chi connectivity index (χ4n) is 4.46. The molecule has 3 unspecified atom stereocenters. The minimum atomic E-state index is -0.0114. The van der Waals surface area contributed by atoms with Gasteiger partial charge < -0.3 is 19.5 Å². The Balaban J connectivity index is 1.51. The zero-order valence-corrected chi connectivity index (χ0v) is 17.5. The predicted octanol–water partition coefficient (Wildman–Crippen LogP) is 3.48. The lowest BCUT2D eigenvalue weighted by atomic mass is 10.0. The molecule has 0 saturated carbocycles. The molecule has 0 bridgehead atoms. The number of nitrogens with zero attached hydrogens (tertiary/aromatic N) is 4. The molecule has 7 heteroatoms. The number of hydrogen-bond acceptors (Lipinski definition) is 4. The Bertz CT molecular complexity index is 987. The van der Waals surface area contributed by atoms with E-state index in [4.69, 9.17) is 17.0 Å². The van der Waals surface area contributed by atoms with Crippen LogP contribution in [0.5, 0.6) is 0 Å². The lowest BCUT2D eigenvalue weighted by Gasteiger charge is -2.30. The molecule has 0 radical (unpaired) electrons. The Morgan fingerprint density at radius 1 is 1.13 bits per heavy atom. The van der Waals surface area contributed by atoms with Gasteiger partial charge in [0.05, 0.1) is 23.9 Å². The van der Waals surface area contributed by atoms with Gasteiger partial charge in [-0.3, -0.25) is 9.97 Å². The highest BCUT2D eigenvalue weighted by Gasteiger charge is 2.42. The molecule has 5 heterocycles. The Hall–Kier alpha value is -2.77. The molecule has 3 aromatic rings. The average molecular weight is 420 g/mol. The second-order valence-electron chi connectivity index (χ2n) is 7.84. The first-order chi connectivity index (χ1) is 14.8. The molecule has 0 aromatic carbocycles. The van der Waals surface area contributed by atoms with Crippen LogP contribution in [0, 0.1) is 0 Å². The van der Waals surface area contributed by atoms with Gasteiger partial charge in [0.2, 0.25) is 0 Å². The quantitative estimate of drug-likeness (QED) is 0.618. The third-order valence-electron chi connectivity index (χ3n) is 5.87. The van der Waals surface area contributed by atoms with Crippen LogP contribution in [0.15, 0.2) is 67.3 Å². The molecule has 0 amide bonds. The van der Waals surface area contributed by atoms with Crippen LogP contribution >= 0.6 is 12.2 Å². The van der Waals surface area contributed by atoms with Crippen molar-refractivity contribution >= 4 is 17.3 Å². The smallest absolute Gasteiger partial charge is 0.170 e. The molecule has 3 aromatic heterocycles. The SMILES string of the molecule is S=C1NC(c2ccccn2)C(c2cccn2Cc2cccnc2)N1CC1CCCO1. The second kappa shape index (κ2) is 8.53. The molecule has 0 spiro atoms. The van der Waals surface area contributed by atoms with E-state index in [1.165, 1.54) is 11.3 Å². The average Bonchev–Trinajstić information content (AvgIpc) is 3.52. The van der Waals surface area contributed by atoms with Crippen molar-refractivity contribution in [2.75, 3.05) is 13.2 Å². The van der Waals surface area contributed by atoms with Crippen LogP contribution < -0.4 is 5.32 Å². The maximum atomic E-state index is 5.94. The minimum absolute atomic E-state index is 0.0114. The third-order valence-corrected chi connectivity index (χ3v) is 6.22. The molecule has 5 rings (SSSR count). The fourth-order valence-corrected chi connectivity index (χ4v) is 4.77. The monoisotopic (exact) mass is 419 g/mol. The number of pyridine rings is 2. The van der Waals surface area contributed by atoms with Crippen LogP contribution in [-0.2, 0) is 11.3 Å². The summed E-state index contributed by atoms with van der Waals surface area (Å²) >= 11 is 5.79. The van der Waals surface area contributed by atoms with Crippen molar-refractivity contribution in [2.24, 2.45) is 0 Å². The van der Waals surface area contributed by atoms with Gasteiger partial charge in [-0.05, 0) is 61.0 Å². The number of nitrogens with one attached hydrogen (secondary N) is 1. The summed E-state index contributed by atoms with van der Waals surface area (Å²) in [5, 5.41) is 4.30. The van der Waals surface area contributed by atoms with Crippen LogP contribution in [-0.4, -0.2) is 43.8 Å². The Kier molecular flexibility index (Phi) is 5.46. The zero-order valence-electron chi connectivity index (χ0n) is 16.7. The van der Waals surface area contributed by atoms with Crippen molar-refractivity contribution in [1.29, 1.82) is 0 Å². The Labute approximate surface area is 181 Å². The van der Waals surface area contributed by atoms with E-state index in [0.717, 1.165) is 43.3 Å². The molecule has 2 aliphatic rings. The van der Waals surface area contributed by atoms with E-state index in [0.29, 0.717) is 0 Å². The summed E-state index contributed by atoms with van der Waals surface area (Å²) in [5.74, 6) is 0.